The summed E-state index contributed by atoms with van der Waals surface area (Å²) in [5.74, 6) is -2.82. The van der Waals surface area contributed by atoms with Gasteiger partial charge in [-0.05, 0) is 35.9 Å². The number of Topliss-reactive ketones (excluding diaryl/α,β-unsaturated/α-hetero) is 1. The van der Waals surface area contributed by atoms with Crippen molar-refractivity contribution in [3.63, 3.8) is 0 Å². The van der Waals surface area contributed by atoms with Gasteiger partial charge in [-0.1, -0.05) is 52.2 Å². The number of aliphatic hydroxyl groups is 1. The summed E-state index contributed by atoms with van der Waals surface area (Å²) in [7, 11) is 1.39. The van der Waals surface area contributed by atoms with Gasteiger partial charge in [0.25, 0.3) is 5.78 Å². The van der Waals surface area contributed by atoms with Crippen LogP contribution in [-0.2, 0) is 9.59 Å². The zero-order valence-electron chi connectivity index (χ0n) is 18.1. The van der Waals surface area contributed by atoms with Crippen molar-refractivity contribution in [1.29, 1.82) is 0 Å². The van der Waals surface area contributed by atoms with Crippen LogP contribution in [0.1, 0.15) is 17.2 Å². The molecule has 7 nitrogen and oxygen atoms in total. The minimum atomic E-state index is -1.08. The maximum Gasteiger partial charge on any atom is 0.301 e. The summed E-state index contributed by atoms with van der Waals surface area (Å²) >= 11 is 19.4. The van der Waals surface area contributed by atoms with Gasteiger partial charge < -0.3 is 9.84 Å². The maximum absolute atomic E-state index is 14.0. The molecule has 36 heavy (non-hydrogen) atoms. The topological polar surface area (TPSA) is 92.6 Å². The molecule has 2 aromatic heterocycles. The number of aliphatic hydroxyl groups excluding tert-OH is 1. The number of rotatable bonds is 4. The Bertz CT molecular complexity index is 1530. The van der Waals surface area contributed by atoms with Crippen molar-refractivity contribution in [3.05, 3.63) is 86.4 Å². The smallest absolute Gasteiger partial charge is 0.301 e. The molecule has 1 aliphatic rings. The minimum Gasteiger partial charge on any atom is -0.507 e. The lowest BCUT2D eigenvalue weighted by atomic mass is 9.96. The van der Waals surface area contributed by atoms with Crippen molar-refractivity contribution in [2.45, 2.75) is 6.04 Å². The molecule has 0 aliphatic carbocycles. The van der Waals surface area contributed by atoms with Crippen LogP contribution in [0, 0.1) is 5.82 Å². The zero-order valence-corrected chi connectivity index (χ0v) is 21.2. The third-order valence-corrected chi connectivity index (χ3v) is 7.41. The fraction of sp³-hybridized carbons (Fsp3) is 0.0833. The molecule has 2 aromatic carbocycles. The van der Waals surface area contributed by atoms with E-state index in [0.717, 1.165) is 16.2 Å². The van der Waals surface area contributed by atoms with Crippen LogP contribution >= 0.6 is 46.1 Å². The van der Waals surface area contributed by atoms with Crippen molar-refractivity contribution in [2.75, 3.05) is 12.0 Å². The highest BCUT2D eigenvalue weighted by molar-refractivity contribution is 7.22. The molecule has 1 fully saturated rings. The highest BCUT2D eigenvalue weighted by atomic mass is 35.5. The van der Waals surface area contributed by atoms with Gasteiger partial charge in [0.1, 0.15) is 11.6 Å². The first kappa shape index (κ1) is 24.5. The van der Waals surface area contributed by atoms with Crippen LogP contribution in [-0.4, -0.2) is 33.9 Å². The molecule has 0 bridgehead atoms. The molecule has 1 N–H and O–H groups in total. The number of carbonyl (C=O) groups excluding carboxylic acids is 2. The predicted octanol–water partition coefficient (Wildman–Crippen LogP) is 6.43. The fourth-order valence-electron chi connectivity index (χ4n) is 3.94. The van der Waals surface area contributed by atoms with E-state index in [4.69, 9.17) is 39.5 Å². The third kappa shape index (κ3) is 3.98. The Morgan fingerprint density at radius 2 is 1.86 bits per heavy atom. The highest BCUT2D eigenvalue weighted by Crippen LogP contribution is 2.45. The number of fused-ring (bicyclic) bond motifs is 1. The summed E-state index contributed by atoms with van der Waals surface area (Å²) in [4.78, 5) is 36.2. The Labute approximate surface area is 222 Å². The van der Waals surface area contributed by atoms with Gasteiger partial charge in [0.05, 0.1) is 44.0 Å². The molecule has 1 saturated heterocycles. The number of thiazole rings is 1. The Morgan fingerprint density at radius 1 is 1.14 bits per heavy atom. The zero-order chi connectivity index (χ0) is 25.7. The summed E-state index contributed by atoms with van der Waals surface area (Å²) in [6.07, 6.45) is 3.00. The Balaban J connectivity index is 1.73. The van der Waals surface area contributed by atoms with E-state index >= 15 is 0 Å². The second kappa shape index (κ2) is 9.33. The number of amides is 1. The van der Waals surface area contributed by atoms with Crippen LogP contribution in [0.3, 0.4) is 0 Å². The molecule has 0 spiro atoms. The largest absolute Gasteiger partial charge is 0.507 e. The van der Waals surface area contributed by atoms with Crippen LogP contribution in [0.5, 0.6) is 5.75 Å². The Kier molecular flexibility index (Phi) is 6.34. The number of hydrogen-bond donors (Lipinski definition) is 1. The fourth-order valence-corrected chi connectivity index (χ4v) is 5.74. The number of methoxy groups -OCH3 is 1. The lowest BCUT2D eigenvalue weighted by molar-refractivity contribution is -0.132. The van der Waals surface area contributed by atoms with Gasteiger partial charge in [-0.25, -0.2) is 9.37 Å². The molecule has 1 amide bonds. The summed E-state index contributed by atoms with van der Waals surface area (Å²) in [5, 5.41) is 11.4. The van der Waals surface area contributed by atoms with Gasteiger partial charge in [-0.15, -0.1) is 0 Å². The molecular formula is C24H13Cl3FN3O4S. The normalized spacial score (nSPS) is 17.2. The molecule has 0 radical (unpaired) electrons. The molecule has 1 unspecified atom stereocenters. The molecule has 182 valence electrons. The number of ketones is 1. The summed E-state index contributed by atoms with van der Waals surface area (Å²) in [6, 6.07) is 7.49. The lowest BCUT2D eigenvalue weighted by Crippen LogP contribution is -2.29. The number of halogens is 4. The number of hydrogen-bond acceptors (Lipinski definition) is 7. The second-order valence-corrected chi connectivity index (χ2v) is 9.89. The van der Waals surface area contributed by atoms with E-state index < -0.39 is 29.3 Å². The van der Waals surface area contributed by atoms with Gasteiger partial charge in [0, 0.05) is 18.0 Å². The molecule has 5 rings (SSSR count). The maximum atomic E-state index is 14.0. The number of carbonyl (C=O) groups is 2. The van der Waals surface area contributed by atoms with Crippen LogP contribution in [0.25, 0.3) is 16.0 Å². The predicted molar refractivity (Wildman–Crippen MR) is 137 cm³/mol. The summed E-state index contributed by atoms with van der Waals surface area (Å²) in [6.45, 7) is 0. The standard InChI is InChI=1S/C24H13Cl3FN3O4S/c1-35-22-13(26)5-11(6-14(22)27)20(32)18-19(10-3-2-4-29-9-10)31(23(34)21(18)33)24-30-16-7-12(25)15(28)8-17(16)36-24/h2-9,19,32H,1H3/b20-18+. The first-order valence-electron chi connectivity index (χ1n) is 10.2. The lowest BCUT2D eigenvalue weighted by Gasteiger charge is -2.22. The second-order valence-electron chi connectivity index (χ2n) is 7.66. The van der Waals surface area contributed by atoms with Crippen LogP contribution in [0.15, 0.2) is 54.4 Å². The number of pyridine rings is 1. The van der Waals surface area contributed by atoms with E-state index in [9.17, 15) is 19.1 Å². The van der Waals surface area contributed by atoms with Crippen LogP contribution in [0.2, 0.25) is 15.1 Å². The van der Waals surface area contributed by atoms with Gasteiger partial charge in [0.2, 0.25) is 0 Å². The summed E-state index contributed by atoms with van der Waals surface area (Å²) < 4.78 is 19.6. The first-order valence-corrected chi connectivity index (χ1v) is 12.2. The third-order valence-electron chi connectivity index (χ3n) is 5.55. The van der Waals surface area contributed by atoms with Crippen molar-refractivity contribution >= 4 is 78.9 Å². The van der Waals surface area contributed by atoms with E-state index in [1.165, 1.54) is 43.8 Å². The molecule has 0 saturated carbocycles. The average Bonchev–Trinajstić information content (AvgIpc) is 3.36. The van der Waals surface area contributed by atoms with E-state index in [1.54, 1.807) is 12.1 Å². The van der Waals surface area contributed by atoms with E-state index in [0.29, 0.717) is 15.8 Å². The number of anilines is 1. The number of aromatic nitrogens is 2. The SMILES string of the molecule is COc1c(Cl)cc(/C(O)=C2\C(=O)C(=O)N(c3nc4cc(Cl)c(F)cc4s3)C2c2cccnc2)cc1Cl. The van der Waals surface area contributed by atoms with Crippen molar-refractivity contribution in [2.24, 2.45) is 0 Å². The average molecular weight is 565 g/mol. The highest BCUT2D eigenvalue weighted by Gasteiger charge is 2.48. The van der Waals surface area contributed by atoms with E-state index in [1.807, 2.05) is 0 Å². The minimum absolute atomic E-state index is 0.101. The molecule has 3 heterocycles. The molecular weight excluding hydrogens is 552 g/mol. The van der Waals surface area contributed by atoms with Gasteiger partial charge in [0.15, 0.2) is 10.9 Å². The monoisotopic (exact) mass is 563 g/mol. The van der Waals surface area contributed by atoms with Crippen molar-refractivity contribution in [3.8, 4) is 5.75 Å². The first-order chi connectivity index (χ1) is 17.2. The molecule has 1 aliphatic heterocycles. The van der Waals surface area contributed by atoms with Gasteiger partial charge >= 0.3 is 5.91 Å². The number of nitrogens with zero attached hydrogens (tertiary/aromatic N) is 3. The summed E-state index contributed by atoms with van der Waals surface area (Å²) in [5.41, 5.74) is 0.680. The van der Waals surface area contributed by atoms with Gasteiger partial charge in [-0.3, -0.25) is 19.5 Å². The van der Waals surface area contributed by atoms with Gasteiger partial charge in [-0.2, -0.15) is 0 Å². The van der Waals surface area contributed by atoms with E-state index in [-0.39, 0.29) is 37.1 Å². The van der Waals surface area contributed by atoms with Crippen molar-refractivity contribution < 1.29 is 23.8 Å². The van der Waals surface area contributed by atoms with Crippen LogP contribution in [0.4, 0.5) is 9.52 Å². The molecule has 1 atom stereocenters. The quantitative estimate of drug-likeness (QED) is 0.175. The number of benzene rings is 2. The molecule has 12 heteroatoms. The Hall–Kier alpha value is -3.24. The molecule has 4 aromatic rings. The van der Waals surface area contributed by atoms with Crippen molar-refractivity contribution in [1.82, 2.24) is 9.97 Å². The van der Waals surface area contributed by atoms with Crippen LogP contribution < -0.4 is 9.64 Å². The number of ether oxygens (including phenoxy) is 1. The Morgan fingerprint density at radius 3 is 2.50 bits per heavy atom. The van der Waals surface area contributed by atoms with E-state index in [2.05, 4.69) is 9.97 Å².